The Kier molecular flexibility index (Phi) is 5.59. The fraction of sp³-hybridized carbons (Fsp3) is 0.533. The molecule has 0 aliphatic rings. The fourth-order valence-corrected chi connectivity index (χ4v) is 2.00. The van der Waals surface area contributed by atoms with Crippen LogP contribution in [0.1, 0.15) is 33.3 Å². The number of nitrogens with one attached hydrogen (secondary N) is 1. The molecule has 0 bridgehead atoms. The van der Waals surface area contributed by atoms with E-state index >= 15 is 0 Å². The molecule has 0 aromatic heterocycles. The van der Waals surface area contributed by atoms with E-state index < -0.39 is 22.9 Å². The lowest BCUT2D eigenvalue weighted by molar-refractivity contribution is 0.0516. The van der Waals surface area contributed by atoms with E-state index in [1.165, 1.54) is 6.07 Å². The van der Waals surface area contributed by atoms with Gasteiger partial charge in [-0.25, -0.2) is 9.18 Å². The zero-order valence-corrected chi connectivity index (χ0v) is 13.6. The predicted octanol–water partition coefficient (Wildman–Crippen LogP) is 3.22. The first kappa shape index (κ1) is 17.7. The number of carbonyl (C=O) groups excluding carboxylic acids is 1. The zero-order valence-electron chi connectivity index (χ0n) is 12.8. The summed E-state index contributed by atoms with van der Waals surface area (Å²) >= 11 is 5.75. The topological polar surface area (TPSA) is 64.3 Å². The summed E-state index contributed by atoms with van der Waals surface area (Å²) in [4.78, 5) is 11.7. The second-order valence-corrected chi connectivity index (χ2v) is 6.68. The lowest BCUT2D eigenvalue weighted by atomic mass is 9.82. The van der Waals surface area contributed by atoms with E-state index in [-0.39, 0.29) is 13.1 Å². The third-order valence-electron chi connectivity index (χ3n) is 3.05. The van der Waals surface area contributed by atoms with Gasteiger partial charge in [0.1, 0.15) is 11.4 Å². The van der Waals surface area contributed by atoms with Crippen molar-refractivity contribution in [1.82, 2.24) is 5.32 Å². The van der Waals surface area contributed by atoms with Gasteiger partial charge in [-0.3, -0.25) is 0 Å². The van der Waals surface area contributed by atoms with Crippen LogP contribution < -0.4 is 11.1 Å². The number of benzene rings is 1. The van der Waals surface area contributed by atoms with Crippen molar-refractivity contribution in [2.75, 3.05) is 13.1 Å². The van der Waals surface area contributed by atoms with Gasteiger partial charge in [0.2, 0.25) is 0 Å². The number of hydrogen-bond acceptors (Lipinski definition) is 3. The molecule has 0 radical (unpaired) electrons. The molecule has 1 unspecified atom stereocenters. The van der Waals surface area contributed by atoms with E-state index in [9.17, 15) is 9.18 Å². The number of halogens is 2. The van der Waals surface area contributed by atoms with Gasteiger partial charge in [-0.2, -0.15) is 0 Å². The minimum Gasteiger partial charge on any atom is -0.444 e. The molecule has 0 saturated heterocycles. The Balaban J connectivity index is 2.83. The molecule has 1 aromatic rings. The lowest BCUT2D eigenvalue weighted by Gasteiger charge is -2.30. The second kappa shape index (κ2) is 6.62. The van der Waals surface area contributed by atoms with Gasteiger partial charge in [0.15, 0.2) is 0 Å². The van der Waals surface area contributed by atoms with Gasteiger partial charge in [-0.15, -0.1) is 0 Å². The van der Waals surface area contributed by atoms with E-state index in [1.54, 1.807) is 39.8 Å². The summed E-state index contributed by atoms with van der Waals surface area (Å²) in [5.74, 6) is -0.443. The van der Waals surface area contributed by atoms with Crippen LogP contribution in [-0.4, -0.2) is 24.8 Å². The van der Waals surface area contributed by atoms with Crippen LogP contribution in [0.5, 0.6) is 0 Å². The normalized spacial score (nSPS) is 14.4. The molecule has 0 aliphatic heterocycles. The zero-order chi connectivity index (χ0) is 16.3. The van der Waals surface area contributed by atoms with Crippen molar-refractivity contribution in [2.24, 2.45) is 5.73 Å². The number of carbonyl (C=O) groups is 1. The van der Waals surface area contributed by atoms with Crippen molar-refractivity contribution in [3.05, 3.63) is 34.6 Å². The average molecular weight is 317 g/mol. The van der Waals surface area contributed by atoms with Gasteiger partial charge in [0.25, 0.3) is 0 Å². The number of amides is 1. The van der Waals surface area contributed by atoms with E-state index in [4.69, 9.17) is 22.1 Å². The maximum Gasteiger partial charge on any atom is 0.407 e. The van der Waals surface area contributed by atoms with Crippen LogP contribution in [0.25, 0.3) is 0 Å². The SMILES string of the molecule is CC(C)(C)OC(=O)NCC(C)(CN)c1ccc(Cl)cc1F. The predicted molar refractivity (Wildman–Crippen MR) is 82.1 cm³/mol. The third kappa shape index (κ3) is 5.17. The first-order valence-corrected chi connectivity index (χ1v) is 7.08. The van der Waals surface area contributed by atoms with Crippen LogP contribution in [0.2, 0.25) is 5.02 Å². The van der Waals surface area contributed by atoms with Gasteiger partial charge in [-0.1, -0.05) is 24.6 Å². The molecule has 6 heteroatoms. The number of hydrogen-bond donors (Lipinski definition) is 2. The molecule has 1 rings (SSSR count). The third-order valence-corrected chi connectivity index (χ3v) is 3.29. The molecule has 0 saturated carbocycles. The maximum absolute atomic E-state index is 14.0. The molecule has 1 atom stereocenters. The summed E-state index contributed by atoms with van der Waals surface area (Å²) in [7, 11) is 0. The van der Waals surface area contributed by atoms with Crippen molar-refractivity contribution in [3.8, 4) is 0 Å². The molecule has 118 valence electrons. The number of nitrogens with two attached hydrogens (primary N) is 1. The van der Waals surface area contributed by atoms with Crippen molar-refractivity contribution in [1.29, 1.82) is 0 Å². The summed E-state index contributed by atoms with van der Waals surface area (Å²) < 4.78 is 19.2. The van der Waals surface area contributed by atoms with Crippen LogP contribution in [0.15, 0.2) is 18.2 Å². The van der Waals surface area contributed by atoms with Crippen molar-refractivity contribution in [2.45, 2.75) is 38.7 Å². The molecule has 0 heterocycles. The van der Waals surface area contributed by atoms with Crippen molar-refractivity contribution >= 4 is 17.7 Å². The smallest absolute Gasteiger partial charge is 0.407 e. The molecular weight excluding hydrogens is 295 g/mol. The quantitative estimate of drug-likeness (QED) is 0.896. The van der Waals surface area contributed by atoms with E-state index in [1.807, 2.05) is 0 Å². The summed E-state index contributed by atoms with van der Waals surface area (Å²) in [5, 5.41) is 2.95. The Morgan fingerprint density at radius 1 is 1.38 bits per heavy atom. The summed E-state index contributed by atoms with van der Waals surface area (Å²) in [5.41, 5.74) is 4.84. The van der Waals surface area contributed by atoms with Crippen molar-refractivity contribution in [3.63, 3.8) is 0 Å². The molecular formula is C15H22ClFN2O2. The Bertz CT molecular complexity index is 517. The molecule has 21 heavy (non-hydrogen) atoms. The highest BCUT2D eigenvalue weighted by Gasteiger charge is 2.29. The average Bonchev–Trinajstić information content (AvgIpc) is 2.34. The van der Waals surface area contributed by atoms with E-state index in [0.717, 1.165) is 0 Å². The Morgan fingerprint density at radius 2 is 2.00 bits per heavy atom. The Labute approximate surface area is 129 Å². The van der Waals surface area contributed by atoms with E-state index in [2.05, 4.69) is 5.32 Å². The fourth-order valence-electron chi connectivity index (χ4n) is 1.84. The Hall–Kier alpha value is -1.33. The highest BCUT2D eigenvalue weighted by Crippen LogP contribution is 2.27. The Morgan fingerprint density at radius 3 is 2.48 bits per heavy atom. The largest absolute Gasteiger partial charge is 0.444 e. The maximum atomic E-state index is 14.0. The molecule has 1 amide bonds. The van der Waals surface area contributed by atoms with Gasteiger partial charge in [-0.05, 0) is 38.5 Å². The second-order valence-electron chi connectivity index (χ2n) is 6.24. The number of ether oxygens (including phenoxy) is 1. The van der Waals surface area contributed by atoms with Gasteiger partial charge >= 0.3 is 6.09 Å². The summed E-state index contributed by atoms with van der Waals surface area (Å²) in [6.45, 7) is 7.42. The van der Waals surface area contributed by atoms with E-state index in [0.29, 0.717) is 10.6 Å². The molecule has 0 fully saturated rings. The summed E-state index contributed by atoms with van der Waals surface area (Å²) in [6.07, 6.45) is -0.559. The van der Waals surface area contributed by atoms with Gasteiger partial charge < -0.3 is 15.8 Å². The standard InChI is InChI=1S/C15H22ClFN2O2/c1-14(2,3)21-13(20)19-9-15(4,8-18)11-6-5-10(16)7-12(11)17/h5-7H,8-9,18H2,1-4H3,(H,19,20). The first-order valence-electron chi connectivity index (χ1n) is 6.70. The highest BCUT2D eigenvalue weighted by molar-refractivity contribution is 6.30. The van der Waals surface area contributed by atoms with Crippen LogP contribution in [-0.2, 0) is 10.2 Å². The summed E-state index contributed by atoms with van der Waals surface area (Å²) in [6, 6.07) is 4.42. The van der Waals surface area contributed by atoms with Crippen molar-refractivity contribution < 1.29 is 13.9 Å². The minimum absolute atomic E-state index is 0.164. The highest BCUT2D eigenvalue weighted by atomic mass is 35.5. The van der Waals surface area contributed by atoms with Gasteiger partial charge in [0.05, 0.1) is 0 Å². The number of rotatable bonds is 4. The molecule has 4 nitrogen and oxygen atoms in total. The van der Waals surface area contributed by atoms with Crippen LogP contribution in [0.4, 0.5) is 9.18 Å². The van der Waals surface area contributed by atoms with Crippen LogP contribution in [0.3, 0.4) is 0 Å². The molecule has 0 spiro atoms. The molecule has 3 N–H and O–H groups in total. The lowest BCUT2D eigenvalue weighted by Crippen LogP contribution is -2.45. The molecule has 1 aromatic carbocycles. The van der Waals surface area contributed by atoms with Gasteiger partial charge in [0, 0.05) is 23.5 Å². The molecule has 0 aliphatic carbocycles. The monoisotopic (exact) mass is 316 g/mol. The number of alkyl carbamates (subject to hydrolysis) is 1. The minimum atomic E-state index is -0.744. The first-order chi connectivity index (χ1) is 9.57. The van der Waals surface area contributed by atoms with Crippen LogP contribution >= 0.6 is 11.6 Å². The van der Waals surface area contributed by atoms with Crippen LogP contribution in [0, 0.1) is 5.82 Å².